The number of nitrogens with one attached hydrogen (secondary N) is 1. The molecule has 2 aromatic carbocycles. The minimum absolute atomic E-state index is 0.0571. The SMILES string of the molecule is CCOc1ccc(-c2nc(NC(=O)COc3ccccc3Cl)no2)cc1. The van der Waals surface area contributed by atoms with Crippen LogP contribution in [0.4, 0.5) is 5.95 Å². The lowest BCUT2D eigenvalue weighted by molar-refractivity contribution is -0.118. The number of rotatable bonds is 7. The van der Waals surface area contributed by atoms with Crippen LogP contribution in [-0.2, 0) is 4.79 Å². The Morgan fingerprint density at radius 1 is 1.15 bits per heavy atom. The van der Waals surface area contributed by atoms with Crippen LogP contribution in [0.5, 0.6) is 11.5 Å². The summed E-state index contributed by atoms with van der Waals surface area (Å²) in [5, 5.41) is 6.67. The van der Waals surface area contributed by atoms with Crippen molar-refractivity contribution in [2.75, 3.05) is 18.5 Å². The number of carbonyl (C=O) groups is 1. The van der Waals surface area contributed by atoms with Crippen LogP contribution in [0, 0.1) is 0 Å². The van der Waals surface area contributed by atoms with Crippen LogP contribution >= 0.6 is 11.6 Å². The van der Waals surface area contributed by atoms with Gasteiger partial charge in [-0.05, 0) is 48.5 Å². The van der Waals surface area contributed by atoms with E-state index < -0.39 is 5.91 Å². The Labute approximate surface area is 154 Å². The standard InChI is InChI=1S/C18H16ClN3O4/c1-2-24-13-9-7-12(8-10-13)17-21-18(22-26-17)20-16(23)11-25-15-6-4-3-5-14(15)19/h3-10H,2,11H2,1H3,(H,20,22,23). The van der Waals surface area contributed by atoms with Gasteiger partial charge in [0.2, 0.25) is 0 Å². The van der Waals surface area contributed by atoms with Crippen LogP contribution in [0.15, 0.2) is 53.1 Å². The van der Waals surface area contributed by atoms with Gasteiger partial charge >= 0.3 is 0 Å². The summed E-state index contributed by atoms with van der Waals surface area (Å²) >= 11 is 5.96. The fraction of sp³-hybridized carbons (Fsp3) is 0.167. The number of nitrogens with zero attached hydrogens (tertiary/aromatic N) is 2. The summed E-state index contributed by atoms with van der Waals surface area (Å²) in [6.45, 7) is 2.28. The molecule has 134 valence electrons. The third-order valence-corrected chi connectivity index (χ3v) is 3.60. The van der Waals surface area contributed by atoms with Crippen LogP contribution in [-0.4, -0.2) is 29.3 Å². The Hall–Kier alpha value is -3.06. The van der Waals surface area contributed by atoms with Crippen LogP contribution in [0.1, 0.15) is 6.92 Å². The summed E-state index contributed by atoms with van der Waals surface area (Å²) in [7, 11) is 0. The number of ether oxygens (including phenoxy) is 2. The van der Waals surface area contributed by atoms with Gasteiger partial charge in [-0.15, -0.1) is 0 Å². The van der Waals surface area contributed by atoms with Gasteiger partial charge in [-0.2, -0.15) is 4.98 Å². The number of hydrogen-bond donors (Lipinski definition) is 1. The maximum absolute atomic E-state index is 11.9. The number of halogens is 1. The van der Waals surface area contributed by atoms with E-state index in [1.165, 1.54) is 0 Å². The summed E-state index contributed by atoms with van der Waals surface area (Å²) in [6, 6.07) is 14.1. The molecule has 0 fully saturated rings. The first kappa shape index (κ1) is 17.8. The van der Waals surface area contributed by atoms with E-state index in [2.05, 4.69) is 15.5 Å². The quantitative estimate of drug-likeness (QED) is 0.677. The van der Waals surface area contributed by atoms with Crippen molar-refractivity contribution in [1.29, 1.82) is 0 Å². The molecule has 0 radical (unpaired) electrons. The number of carbonyl (C=O) groups excluding carboxylic acids is 1. The van der Waals surface area contributed by atoms with E-state index in [0.717, 1.165) is 5.75 Å². The number of aromatic nitrogens is 2. The second-order valence-electron chi connectivity index (χ2n) is 5.15. The third kappa shape index (κ3) is 4.52. The normalized spacial score (nSPS) is 10.4. The van der Waals surface area contributed by atoms with E-state index in [1.807, 2.05) is 6.92 Å². The molecule has 0 spiro atoms. The van der Waals surface area contributed by atoms with Gasteiger partial charge < -0.3 is 14.0 Å². The zero-order valence-corrected chi connectivity index (χ0v) is 14.7. The molecule has 0 aliphatic carbocycles. The number of para-hydroxylation sites is 1. The molecule has 0 saturated carbocycles. The molecule has 0 aliphatic rings. The van der Waals surface area contributed by atoms with Crippen LogP contribution < -0.4 is 14.8 Å². The van der Waals surface area contributed by atoms with Crippen molar-refractivity contribution in [2.24, 2.45) is 0 Å². The number of benzene rings is 2. The molecule has 1 heterocycles. The molecule has 0 bridgehead atoms. The lowest BCUT2D eigenvalue weighted by atomic mass is 10.2. The van der Waals surface area contributed by atoms with Gasteiger partial charge in [0.1, 0.15) is 11.5 Å². The monoisotopic (exact) mass is 373 g/mol. The smallest absolute Gasteiger partial charge is 0.270 e. The van der Waals surface area contributed by atoms with Crippen molar-refractivity contribution in [2.45, 2.75) is 6.92 Å². The van der Waals surface area contributed by atoms with E-state index in [1.54, 1.807) is 48.5 Å². The van der Waals surface area contributed by atoms with Crippen molar-refractivity contribution < 1.29 is 18.8 Å². The highest BCUT2D eigenvalue weighted by atomic mass is 35.5. The second-order valence-corrected chi connectivity index (χ2v) is 5.56. The number of amides is 1. The molecular formula is C18H16ClN3O4. The fourth-order valence-corrected chi connectivity index (χ4v) is 2.31. The van der Waals surface area contributed by atoms with Crippen LogP contribution in [0.3, 0.4) is 0 Å². The zero-order chi connectivity index (χ0) is 18.4. The molecular weight excluding hydrogens is 358 g/mol. The van der Waals surface area contributed by atoms with Crippen molar-refractivity contribution in [3.05, 3.63) is 53.6 Å². The lowest BCUT2D eigenvalue weighted by Gasteiger charge is -2.06. The van der Waals surface area contributed by atoms with Gasteiger partial charge in [0, 0.05) is 5.56 Å². The third-order valence-electron chi connectivity index (χ3n) is 3.28. The molecule has 3 aromatic rings. The number of anilines is 1. The van der Waals surface area contributed by atoms with Crippen molar-refractivity contribution in [3.8, 4) is 23.0 Å². The van der Waals surface area contributed by atoms with E-state index in [9.17, 15) is 4.79 Å². The first-order chi connectivity index (χ1) is 12.7. The molecule has 0 aliphatic heterocycles. The van der Waals surface area contributed by atoms with Crippen molar-refractivity contribution >= 4 is 23.5 Å². The average Bonchev–Trinajstić information content (AvgIpc) is 3.10. The van der Waals surface area contributed by atoms with E-state index >= 15 is 0 Å². The van der Waals surface area contributed by atoms with Crippen LogP contribution in [0.25, 0.3) is 11.5 Å². The molecule has 26 heavy (non-hydrogen) atoms. The predicted molar refractivity (Wildman–Crippen MR) is 96.5 cm³/mol. The van der Waals surface area contributed by atoms with Crippen molar-refractivity contribution in [1.82, 2.24) is 10.1 Å². The Kier molecular flexibility index (Phi) is 5.70. The summed E-state index contributed by atoms with van der Waals surface area (Å²) in [5.41, 5.74) is 0.716. The molecule has 0 atom stereocenters. The summed E-state index contributed by atoms with van der Waals surface area (Å²) in [5.74, 6) is 1.09. The van der Waals surface area contributed by atoms with Gasteiger partial charge in [-0.25, -0.2) is 0 Å². The Balaban J connectivity index is 1.57. The largest absolute Gasteiger partial charge is 0.494 e. The molecule has 0 saturated heterocycles. The highest BCUT2D eigenvalue weighted by molar-refractivity contribution is 6.32. The maximum Gasteiger partial charge on any atom is 0.270 e. The molecule has 1 aromatic heterocycles. The van der Waals surface area contributed by atoms with Crippen molar-refractivity contribution in [3.63, 3.8) is 0 Å². The summed E-state index contributed by atoms with van der Waals surface area (Å²) in [6.07, 6.45) is 0. The first-order valence-electron chi connectivity index (χ1n) is 7.90. The van der Waals surface area contributed by atoms with E-state index in [-0.39, 0.29) is 18.4 Å². The van der Waals surface area contributed by atoms with E-state index in [0.29, 0.717) is 22.9 Å². The van der Waals surface area contributed by atoms with Gasteiger partial charge in [-0.1, -0.05) is 23.7 Å². The number of hydrogen-bond acceptors (Lipinski definition) is 6. The van der Waals surface area contributed by atoms with Gasteiger partial charge in [0.25, 0.3) is 17.7 Å². The topological polar surface area (TPSA) is 86.5 Å². The minimum Gasteiger partial charge on any atom is -0.494 e. The first-order valence-corrected chi connectivity index (χ1v) is 8.27. The Bertz CT molecular complexity index is 880. The lowest BCUT2D eigenvalue weighted by Crippen LogP contribution is -2.20. The van der Waals surface area contributed by atoms with Crippen LogP contribution in [0.2, 0.25) is 5.02 Å². The highest BCUT2D eigenvalue weighted by Crippen LogP contribution is 2.23. The van der Waals surface area contributed by atoms with Gasteiger partial charge in [-0.3, -0.25) is 10.1 Å². The second kappa shape index (κ2) is 8.35. The van der Waals surface area contributed by atoms with Gasteiger partial charge in [0.15, 0.2) is 6.61 Å². The molecule has 0 unspecified atom stereocenters. The van der Waals surface area contributed by atoms with Gasteiger partial charge in [0.05, 0.1) is 11.6 Å². The predicted octanol–water partition coefficient (Wildman–Crippen LogP) is 3.81. The minimum atomic E-state index is -0.427. The molecule has 3 rings (SSSR count). The Morgan fingerprint density at radius 2 is 1.92 bits per heavy atom. The van der Waals surface area contributed by atoms with E-state index in [4.69, 9.17) is 25.6 Å². The molecule has 8 heteroatoms. The summed E-state index contributed by atoms with van der Waals surface area (Å²) < 4.78 is 15.9. The maximum atomic E-state index is 11.9. The molecule has 1 amide bonds. The zero-order valence-electron chi connectivity index (χ0n) is 13.9. The Morgan fingerprint density at radius 3 is 2.65 bits per heavy atom. The average molecular weight is 374 g/mol. The highest BCUT2D eigenvalue weighted by Gasteiger charge is 2.12. The molecule has 7 nitrogen and oxygen atoms in total. The molecule has 1 N–H and O–H groups in total. The summed E-state index contributed by atoms with van der Waals surface area (Å²) in [4.78, 5) is 16.1. The fourth-order valence-electron chi connectivity index (χ4n) is 2.12.